The van der Waals surface area contributed by atoms with E-state index in [0.29, 0.717) is 5.82 Å². The molecule has 0 bridgehead atoms. The summed E-state index contributed by atoms with van der Waals surface area (Å²) >= 11 is 5.89. The molecular formula is C13H20ClN3O2. The van der Waals surface area contributed by atoms with Gasteiger partial charge in [0.25, 0.3) is 0 Å². The normalized spacial score (nSPS) is 10.8. The third-order valence-corrected chi connectivity index (χ3v) is 2.86. The lowest BCUT2D eigenvalue weighted by molar-refractivity contribution is 0.0697. The first-order valence-corrected chi connectivity index (χ1v) is 6.62. The molecule has 0 aliphatic rings. The zero-order valence-corrected chi connectivity index (χ0v) is 12.3. The van der Waals surface area contributed by atoms with Crippen molar-refractivity contribution in [2.45, 2.75) is 13.3 Å². The maximum atomic E-state index is 11.0. The maximum absolute atomic E-state index is 11.0. The van der Waals surface area contributed by atoms with Gasteiger partial charge in [-0.3, -0.25) is 0 Å². The van der Waals surface area contributed by atoms with Crippen molar-refractivity contribution in [1.82, 2.24) is 9.88 Å². The molecule has 1 N–H and O–H groups in total. The predicted molar refractivity (Wildman–Crippen MR) is 77.3 cm³/mol. The first-order chi connectivity index (χ1) is 8.93. The van der Waals surface area contributed by atoms with Crippen molar-refractivity contribution in [2.75, 3.05) is 38.6 Å². The lowest BCUT2D eigenvalue weighted by Gasteiger charge is -2.25. The second-order valence-corrected chi connectivity index (χ2v) is 5.02. The Hall–Kier alpha value is -1.33. The number of halogens is 1. The molecule has 1 aromatic rings. The van der Waals surface area contributed by atoms with E-state index in [0.717, 1.165) is 26.1 Å². The Morgan fingerprint density at radius 2 is 2.00 bits per heavy atom. The fraction of sp³-hybridized carbons (Fsp3) is 0.538. The first kappa shape index (κ1) is 15.7. The average Bonchev–Trinajstić information content (AvgIpc) is 2.33. The quantitative estimate of drug-likeness (QED) is 0.779. The van der Waals surface area contributed by atoms with E-state index in [2.05, 4.69) is 21.7 Å². The number of aromatic nitrogens is 1. The van der Waals surface area contributed by atoms with Crippen LogP contribution in [0.5, 0.6) is 0 Å². The number of pyridine rings is 1. The average molecular weight is 286 g/mol. The second kappa shape index (κ2) is 7.31. The van der Waals surface area contributed by atoms with Crippen LogP contribution in [0.1, 0.15) is 23.7 Å². The fourth-order valence-corrected chi connectivity index (χ4v) is 1.90. The molecule has 0 amide bonds. The molecule has 0 unspecified atom stereocenters. The number of aromatic carboxylic acids is 1. The summed E-state index contributed by atoms with van der Waals surface area (Å²) in [6, 6.07) is 2.93. The van der Waals surface area contributed by atoms with E-state index in [9.17, 15) is 4.79 Å². The number of likely N-dealkylation sites (N-methyl/N-ethyl adjacent to an activating group) is 1. The lowest BCUT2D eigenvalue weighted by Crippen LogP contribution is -2.33. The van der Waals surface area contributed by atoms with Gasteiger partial charge in [-0.1, -0.05) is 18.5 Å². The summed E-state index contributed by atoms with van der Waals surface area (Å²) in [6.07, 6.45) is 0.962. The monoisotopic (exact) mass is 285 g/mol. The molecule has 1 aromatic heterocycles. The van der Waals surface area contributed by atoms with Gasteiger partial charge < -0.3 is 14.9 Å². The molecule has 0 aliphatic heterocycles. The third kappa shape index (κ3) is 5.04. The van der Waals surface area contributed by atoms with Crippen molar-refractivity contribution in [3.63, 3.8) is 0 Å². The summed E-state index contributed by atoms with van der Waals surface area (Å²) in [5, 5.41) is 9.26. The van der Waals surface area contributed by atoms with Crippen LogP contribution in [0.4, 0.5) is 5.82 Å². The van der Waals surface area contributed by atoms with E-state index in [1.165, 1.54) is 6.07 Å². The maximum Gasteiger partial charge on any atom is 0.335 e. The highest BCUT2D eigenvalue weighted by Gasteiger charge is 2.13. The van der Waals surface area contributed by atoms with E-state index < -0.39 is 5.97 Å². The van der Waals surface area contributed by atoms with Gasteiger partial charge in [-0.2, -0.15) is 0 Å². The van der Waals surface area contributed by atoms with E-state index >= 15 is 0 Å². The Kier molecular flexibility index (Phi) is 6.05. The van der Waals surface area contributed by atoms with E-state index in [4.69, 9.17) is 16.7 Å². The van der Waals surface area contributed by atoms with Gasteiger partial charge in [0.05, 0.1) is 5.56 Å². The van der Waals surface area contributed by atoms with Crippen LogP contribution in [-0.4, -0.2) is 54.7 Å². The number of carbonyl (C=O) groups is 1. The minimum Gasteiger partial charge on any atom is -0.478 e. The molecule has 19 heavy (non-hydrogen) atoms. The molecule has 5 nitrogen and oxygen atoms in total. The zero-order valence-electron chi connectivity index (χ0n) is 11.6. The Bertz CT molecular complexity index is 438. The Labute approximate surface area is 118 Å². The minimum absolute atomic E-state index is 0.168. The highest BCUT2D eigenvalue weighted by atomic mass is 35.5. The molecule has 0 atom stereocenters. The topological polar surface area (TPSA) is 56.7 Å². The van der Waals surface area contributed by atoms with Crippen LogP contribution >= 0.6 is 11.6 Å². The van der Waals surface area contributed by atoms with E-state index in [-0.39, 0.29) is 10.7 Å². The summed E-state index contributed by atoms with van der Waals surface area (Å²) in [7, 11) is 4.00. The van der Waals surface area contributed by atoms with Crippen LogP contribution in [-0.2, 0) is 0 Å². The molecule has 0 fully saturated rings. The summed E-state index contributed by atoms with van der Waals surface area (Å²) < 4.78 is 0. The van der Waals surface area contributed by atoms with Crippen molar-refractivity contribution in [3.8, 4) is 0 Å². The van der Waals surface area contributed by atoms with Crippen LogP contribution in [0.3, 0.4) is 0 Å². The molecular weight excluding hydrogens is 266 g/mol. The zero-order chi connectivity index (χ0) is 14.4. The van der Waals surface area contributed by atoms with Gasteiger partial charge in [-0.15, -0.1) is 0 Å². The highest BCUT2D eigenvalue weighted by molar-refractivity contribution is 6.29. The van der Waals surface area contributed by atoms with Crippen molar-refractivity contribution in [1.29, 1.82) is 0 Å². The molecule has 1 rings (SSSR count). The number of hydrogen-bond donors (Lipinski definition) is 1. The van der Waals surface area contributed by atoms with Gasteiger partial charge >= 0.3 is 5.97 Å². The number of carboxylic acids is 1. The smallest absolute Gasteiger partial charge is 0.335 e. The Balaban J connectivity index is 2.97. The van der Waals surface area contributed by atoms with Crippen LogP contribution in [0.15, 0.2) is 12.1 Å². The van der Waals surface area contributed by atoms with Gasteiger partial charge in [0.2, 0.25) is 0 Å². The standard InChI is InChI=1S/C13H20ClN3O2/c1-4-5-17(7-6-16(2)3)12-9-10(13(18)19)8-11(14)15-12/h8-9H,4-7H2,1-3H3,(H,18,19). The Morgan fingerprint density at radius 3 is 2.53 bits per heavy atom. The van der Waals surface area contributed by atoms with Gasteiger partial charge in [-0.05, 0) is 32.6 Å². The highest BCUT2D eigenvalue weighted by Crippen LogP contribution is 2.18. The van der Waals surface area contributed by atoms with Gasteiger partial charge in [0.15, 0.2) is 0 Å². The van der Waals surface area contributed by atoms with Crippen molar-refractivity contribution in [2.24, 2.45) is 0 Å². The van der Waals surface area contributed by atoms with Gasteiger partial charge in [-0.25, -0.2) is 9.78 Å². The molecule has 0 spiro atoms. The van der Waals surface area contributed by atoms with Gasteiger partial charge in [0.1, 0.15) is 11.0 Å². The van der Waals surface area contributed by atoms with Crippen LogP contribution < -0.4 is 4.90 Å². The largest absolute Gasteiger partial charge is 0.478 e. The molecule has 0 saturated carbocycles. The van der Waals surface area contributed by atoms with Crippen LogP contribution in [0, 0.1) is 0 Å². The van der Waals surface area contributed by atoms with Gasteiger partial charge in [0, 0.05) is 19.6 Å². The summed E-state index contributed by atoms with van der Waals surface area (Å²) in [5.74, 6) is -0.372. The van der Waals surface area contributed by atoms with E-state index in [1.807, 2.05) is 14.1 Å². The summed E-state index contributed by atoms with van der Waals surface area (Å²) in [6.45, 7) is 4.55. The molecule has 0 aliphatic carbocycles. The summed E-state index contributed by atoms with van der Waals surface area (Å²) in [4.78, 5) is 19.4. The molecule has 0 saturated heterocycles. The second-order valence-electron chi connectivity index (χ2n) is 4.63. The number of rotatable bonds is 7. The summed E-state index contributed by atoms with van der Waals surface area (Å²) in [5.41, 5.74) is 0.168. The number of anilines is 1. The minimum atomic E-state index is -0.991. The van der Waals surface area contributed by atoms with Crippen LogP contribution in [0.25, 0.3) is 0 Å². The molecule has 0 aromatic carbocycles. The third-order valence-electron chi connectivity index (χ3n) is 2.66. The molecule has 106 valence electrons. The van der Waals surface area contributed by atoms with Crippen molar-refractivity contribution < 1.29 is 9.90 Å². The van der Waals surface area contributed by atoms with E-state index in [1.54, 1.807) is 6.07 Å². The fourth-order valence-electron chi connectivity index (χ4n) is 1.70. The SMILES string of the molecule is CCCN(CCN(C)C)c1cc(C(=O)O)cc(Cl)n1. The molecule has 1 heterocycles. The van der Waals surface area contributed by atoms with Crippen molar-refractivity contribution >= 4 is 23.4 Å². The van der Waals surface area contributed by atoms with Crippen LogP contribution in [0.2, 0.25) is 5.15 Å². The van der Waals surface area contributed by atoms with Crippen molar-refractivity contribution in [3.05, 3.63) is 22.8 Å². The number of hydrogen-bond acceptors (Lipinski definition) is 4. The first-order valence-electron chi connectivity index (χ1n) is 6.24. The lowest BCUT2D eigenvalue weighted by atomic mass is 10.2. The molecule has 0 radical (unpaired) electrons. The molecule has 6 heteroatoms. The Morgan fingerprint density at radius 1 is 1.32 bits per heavy atom. The predicted octanol–water partition coefficient (Wildman–Crippen LogP) is 2.21. The number of carboxylic acid groups (broad SMARTS) is 1. The number of nitrogens with zero attached hydrogens (tertiary/aromatic N) is 3.